The molecule has 0 unspecified atom stereocenters. The number of hydrogen-bond acceptors (Lipinski definition) is 2. The summed E-state index contributed by atoms with van der Waals surface area (Å²) in [6.07, 6.45) is 0. The standard InChI is InChI=1S/C19H21IN2O2/c1-4-22(5-2)19(24)15-8-6-7-9-17(15)21-18(23)14-11-10-13(3)12-16(14)20/h6-12H,4-5H2,1-3H3,(H,21,23). The molecule has 0 heterocycles. The molecule has 0 fully saturated rings. The van der Waals surface area contributed by atoms with Crippen molar-refractivity contribution in [1.29, 1.82) is 0 Å². The number of carbonyl (C=O) groups excluding carboxylic acids is 2. The van der Waals surface area contributed by atoms with Gasteiger partial charge in [0.05, 0.1) is 16.8 Å². The molecule has 5 heteroatoms. The maximum Gasteiger partial charge on any atom is 0.256 e. The maximum absolute atomic E-state index is 12.6. The van der Waals surface area contributed by atoms with Crippen LogP contribution in [0.5, 0.6) is 0 Å². The molecular weight excluding hydrogens is 415 g/mol. The molecule has 2 aromatic carbocycles. The second kappa shape index (κ2) is 8.28. The van der Waals surface area contributed by atoms with Crippen LogP contribution in [0.4, 0.5) is 5.69 Å². The number of anilines is 1. The number of aryl methyl sites for hydroxylation is 1. The van der Waals surface area contributed by atoms with E-state index in [9.17, 15) is 9.59 Å². The van der Waals surface area contributed by atoms with Gasteiger partial charge in [-0.2, -0.15) is 0 Å². The fourth-order valence-corrected chi connectivity index (χ4v) is 3.37. The minimum atomic E-state index is -0.209. The van der Waals surface area contributed by atoms with Crippen molar-refractivity contribution in [3.05, 3.63) is 62.7 Å². The molecule has 0 aliphatic rings. The Morgan fingerprint density at radius 1 is 1.04 bits per heavy atom. The normalized spacial score (nSPS) is 10.3. The molecule has 0 atom stereocenters. The Bertz CT molecular complexity index is 755. The van der Waals surface area contributed by atoms with Crippen LogP contribution in [-0.4, -0.2) is 29.8 Å². The predicted molar refractivity (Wildman–Crippen MR) is 106 cm³/mol. The Balaban J connectivity index is 2.30. The quantitative estimate of drug-likeness (QED) is 0.710. The monoisotopic (exact) mass is 436 g/mol. The van der Waals surface area contributed by atoms with Gasteiger partial charge in [-0.1, -0.05) is 23.8 Å². The summed E-state index contributed by atoms with van der Waals surface area (Å²) < 4.78 is 0.887. The van der Waals surface area contributed by atoms with Gasteiger partial charge in [0.1, 0.15) is 0 Å². The summed E-state index contributed by atoms with van der Waals surface area (Å²) >= 11 is 2.15. The van der Waals surface area contributed by atoms with Gasteiger partial charge in [-0.25, -0.2) is 0 Å². The number of hydrogen-bond donors (Lipinski definition) is 1. The van der Waals surface area contributed by atoms with Gasteiger partial charge in [0.2, 0.25) is 0 Å². The highest BCUT2D eigenvalue weighted by Gasteiger charge is 2.18. The van der Waals surface area contributed by atoms with Gasteiger partial charge in [-0.05, 0) is 67.6 Å². The molecule has 126 valence electrons. The molecule has 1 N–H and O–H groups in total. The highest BCUT2D eigenvalue weighted by atomic mass is 127. The topological polar surface area (TPSA) is 49.4 Å². The molecule has 0 saturated carbocycles. The Labute approximate surface area is 156 Å². The van der Waals surface area contributed by atoms with E-state index in [1.807, 2.05) is 45.0 Å². The van der Waals surface area contributed by atoms with Crippen LogP contribution in [0.1, 0.15) is 40.1 Å². The smallest absolute Gasteiger partial charge is 0.256 e. The Hall–Kier alpha value is -1.89. The fraction of sp³-hybridized carbons (Fsp3) is 0.263. The van der Waals surface area contributed by atoms with Crippen molar-refractivity contribution in [1.82, 2.24) is 4.90 Å². The number of nitrogens with one attached hydrogen (secondary N) is 1. The Kier molecular flexibility index (Phi) is 6.36. The van der Waals surface area contributed by atoms with Gasteiger partial charge in [-0.15, -0.1) is 0 Å². The first-order valence-electron chi connectivity index (χ1n) is 7.93. The number of halogens is 1. The molecular formula is C19H21IN2O2. The largest absolute Gasteiger partial charge is 0.339 e. The molecule has 2 amide bonds. The fourth-order valence-electron chi connectivity index (χ4n) is 2.45. The van der Waals surface area contributed by atoms with Crippen molar-refractivity contribution < 1.29 is 9.59 Å². The first kappa shape index (κ1) is 18.4. The molecule has 0 bridgehead atoms. The summed E-state index contributed by atoms with van der Waals surface area (Å²) in [6, 6.07) is 12.8. The summed E-state index contributed by atoms with van der Waals surface area (Å²) in [6.45, 7) is 7.14. The van der Waals surface area contributed by atoms with Crippen LogP contribution in [0.2, 0.25) is 0 Å². The van der Waals surface area contributed by atoms with Crippen LogP contribution >= 0.6 is 22.6 Å². The van der Waals surface area contributed by atoms with Crippen molar-refractivity contribution >= 4 is 40.1 Å². The van der Waals surface area contributed by atoms with Crippen LogP contribution in [-0.2, 0) is 0 Å². The van der Waals surface area contributed by atoms with Crippen molar-refractivity contribution in [2.24, 2.45) is 0 Å². The highest BCUT2D eigenvalue weighted by molar-refractivity contribution is 14.1. The van der Waals surface area contributed by atoms with E-state index in [-0.39, 0.29) is 11.8 Å². The van der Waals surface area contributed by atoms with E-state index in [2.05, 4.69) is 27.9 Å². The summed E-state index contributed by atoms with van der Waals surface area (Å²) in [5.41, 5.74) is 2.76. The average molecular weight is 436 g/mol. The van der Waals surface area contributed by atoms with E-state index in [0.29, 0.717) is 29.9 Å². The van der Waals surface area contributed by atoms with Crippen molar-refractivity contribution in [2.75, 3.05) is 18.4 Å². The van der Waals surface area contributed by atoms with Crippen molar-refractivity contribution in [3.8, 4) is 0 Å². The molecule has 0 aliphatic heterocycles. The van der Waals surface area contributed by atoms with E-state index >= 15 is 0 Å². The van der Waals surface area contributed by atoms with Crippen molar-refractivity contribution in [2.45, 2.75) is 20.8 Å². The van der Waals surface area contributed by atoms with Crippen molar-refractivity contribution in [3.63, 3.8) is 0 Å². The number of rotatable bonds is 5. The molecule has 0 aromatic heterocycles. The lowest BCUT2D eigenvalue weighted by molar-refractivity contribution is 0.0774. The van der Waals surface area contributed by atoms with Gasteiger partial charge in [0, 0.05) is 16.7 Å². The number of benzene rings is 2. The van der Waals surface area contributed by atoms with E-state index in [1.165, 1.54) is 0 Å². The molecule has 0 radical (unpaired) electrons. The SMILES string of the molecule is CCN(CC)C(=O)c1ccccc1NC(=O)c1ccc(C)cc1I. The van der Waals surface area contributed by atoms with Gasteiger partial charge in [0.25, 0.3) is 11.8 Å². The van der Waals surface area contributed by atoms with Gasteiger partial charge in [-0.3, -0.25) is 9.59 Å². The van der Waals surface area contributed by atoms with E-state index in [4.69, 9.17) is 0 Å². The van der Waals surface area contributed by atoms with E-state index in [1.54, 1.807) is 23.1 Å². The third-order valence-electron chi connectivity index (χ3n) is 3.83. The number of amides is 2. The highest BCUT2D eigenvalue weighted by Crippen LogP contribution is 2.20. The average Bonchev–Trinajstić information content (AvgIpc) is 2.56. The zero-order valence-electron chi connectivity index (χ0n) is 14.1. The summed E-state index contributed by atoms with van der Waals surface area (Å²) in [5.74, 6) is -0.284. The third kappa shape index (κ3) is 4.14. The predicted octanol–water partition coefficient (Wildman–Crippen LogP) is 4.33. The second-order valence-electron chi connectivity index (χ2n) is 5.46. The van der Waals surface area contributed by atoms with E-state index < -0.39 is 0 Å². The van der Waals surface area contributed by atoms with E-state index in [0.717, 1.165) is 9.13 Å². The third-order valence-corrected chi connectivity index (χ3v) is 4.72. The van der Waals surface area contributed by atoms with Crippen LogP contribution in [0.15, 0.2) is 42.5 Å². The first-order valence-corrected chi connectivity index (χ1v) is 9.01. The molecule has 2 rings (SSSR count). The molecule has 4 nitrogen and oxygen atoms in total. The van der Waals surface area contributed by atoms with Crippen LogP contribution in [0.25, 0.3) is 0 Å². The zero-order valence-corrected chi connectivity index (χ0v) is 16.3. The minimum absolute atomic E-state index is 0.0745. The minimum Gasteiger partial charge on any atom is -0.339 e. The molecule has 0 spiro atoms. The second-order valence-corrected chi connectivity index (χ2v) is 6.62. The Morgan fingerprint density at radius 3 is 2.33 bits per heavy atom. The lowest BCUT2D eigenvalue weighted by Crippen LogP contribution is -2.31. The number of para-hydroxylation sites is 1. The number of carbonyl (C=O) groups is 2. The molecule has 2 aromatic rings. The van der Waals surface area contributed by atoms with Gasteiger partial charge in [0.15, 0.2) is 0 Å². The lowest BCUT2D eigenvalue weighted by Gasteiger charge is -2.20. The Morgan fingerprint density at radius 2 is 1.71 bits per heavy atom. The van der Waals surface area contributed by atoms with Crippen LogP contribution in [0, 0.1) is 10.5 Å². The zero-order chi connectivity index (χ0) is 17.7. The van der Waals surface area contributed by atoms with Gasteiger partial charge >= 0.3 is 0 Å². The van der Waals surface area contributed by atoms with Gasteiger partial charge < -0.3 is 10.2 Å². The van der Waals surface area contributed by atoms with Crippen LogP contribution in [0.3, 0.4) is 0 Å². The molecule has 24 heavy (non-hydrogen) atoms. The summed E-state index contributed by atoms with van der Waals surface area (Å²) in [5, 5.41) is 2.88. The summed E-state index contributed by atoms with van der Waals surface area (Å²) in [7, 11) is 0. The lowest BCUT2D eigenvalue weighted by atomic mass is 10.1. The molecule has 0 aliphatic carbocycles. The van der Waals surface area contributed by atoms with Crippen LogP contribution < -0.4 is 5.32 Å². The first-order chi connectivity index (χ1) is 11.5. The number of nitrogens with zero attached hydrogens (tertiary/aromatic N) is 1. The molecule has 0 saturated heterocycles. The summed E-state index contributed by atoms with van der Waals surface area (Å²) in [4.78, 5) is 27.0. The maximum atomic E-state index is 12.6.